The number of rotatable bonds is 4. The number of carbonyl (C=O) groups excluding carboxylic acids is 1. The zero-order chi connectivity index (χ0) is 10.7. The molecule has 0 saturated carbocycles. The third-order valence-corrected chi connectivity index (χ3v) is 2.37. The molecule has 0 spiro atoms. The second kappa shape index (κ2) is 4.26. The molecule has 1 aromatic heterocycles. The van der Waals surface area contributed by atoms with Crippen molar-refractivity contribution in [1.29, 1.82) is 0 Å². The standard InChI is InChI=1S/C10H17N3O/c1-4-8-6-9(5-2)13(12-8)7(3)10(11)14/h6-7H,4-5H2,1-3H3,(H2,11,14). The molecule has 4 nitrogen and oxygen atoms in total. The van der Waals surface area contributed by atoms with Crippen LogP contribution in [0.1, 0.15) is 38.2 Å². The van der Waals surface area contributed by atoms with Gasteiger partial charge in [0.05, 0.1) is 5.69 Å². The van der Waals surface area contributed by atoms with Crippen LogP contribution in [0.5, 0.6) is 0 Å². The molecule has 0 fully saturated rings. The normalized spacial score (nSPS) is 12.8. The lowest BCUT2D eigenvalue weighted by atomic mass is 10.2. The molecule has 14 heavy (non-hydrogen) atoms. The molecule has 0 saturated heterocycles. The summed E-state index contributed by atoms with van der Waals surface area (Å²) in [4.78, 5) is 11.0. The lowest BCUT2D eigenvalue weighted by Crippen LogP contribution is -2.26. The number of hydrogen-bond acceptors (Lipinski definition) is 2. The van der Waals surface area contributed by atoms with Crippen LogP contribution in [0.3, 0.4) is 0 Å². The van der Waals surface area contributed by atoms with Gasteiger partial charge in [-0.1, -0.05) is 13.8 Å². The van der Waals surface area contributed by atoms with Crippen LogP contribution in [0.2, 0.25) is 0 Å². The van der Waals surface area contributed by atoms with E-state index in [1.54, 1.807) is 11.6 Å². The van der Waals surface area contributed by atoms with Crippen LogP contribution in [0, 0.1) is 0 Å². The average molecular weight is 195 g/mol. The van der Waals surface area contributed by atoms with Gasteiger partial charge in [-0.15, -0.1) is 0 Å². The lowest BCUT2D eigenvalue weighted by molar-refractivity contribution is -0.121. The van der Waals surface area contributed by atoms with E-state index >= 15 is 0 Å². The van der Waals surface area contributed by atoms with Gasteiger partial charge >= 0.3 is 0 Å². The van der Waals surface area contributed by atoms with Crippen LogP contribution in [0.4, 0.5) is 0 Å². The summed E-state index contributed by atoms with van der Waals surface area (Å²) >= 11 is 0. The first-order chi connectivity index (χ1) is 6.60. The van der Waals surface area contributed by atoms with Crippen LogP contribution in [-0.2, 0) is 17.6 Å². The van der Waals surface area contributed by atoms with E-state index in [-0.39, 0.29) is 11.9 Å². The number of nitrogens with two attached hydrogens (primary N) is 1. The molecule has 1 unspecified atom stereocenters. The van der Waals surface area contributed by atoms with Crippen LogP contribution < -0.4 is 5.73 Å². The van der Waals surface area contributed by atoms with Crippen molar-refractivity contribution in [3.8, 4) is 0 Å². The van der Waals surface area contributed by atoms with Crippen LogP contribution in [0.15, 0.2) is 6.07 Å². The first-order valence-electron chi connectivity index (χ1n) is 4.96. The van der Waals surface area contributed by atoms with Crippen molar-refractivity contribution in [2.24, 2.45) is 5.73 Å². The summed E-state index contributed by atoms with van der Waals surface area (Å²) in [6.45, 7) is 5.86. The number of nitrogens with zero attached hydrogens (tertiary/aromatic N) is 2. The van der Waals surface area contributed by atoms with Gasteiger partial charge < -0.3 is 5.73 Å². The molecule has 2 N–H and O–H groups in total. The summed E-state index contributed by atoms with van der Waals surface area (Å²) in [6, 6.07) is 1.67. The Bertz CT molecular complexity index is 330. The Morgan fingerprint density at radius 3 is 2.64 bits per heavy atom. The molecule has 0 aliphatic carbocycles. The Balaban J connectivity index is 3.05. The summed E-state index contributed by atoms with van der Waals surface area (Å²) in [5.74, 6) is -0.342. The van der Waals surface area contributed by atoms with Crippen molar-refractivity contribution in [2.45, 2.75) is 39.7 Å². The molecular formula is C10H17N3O. The number of aromatic nitrogens is 2. The molecule has 0 aliphatic heterocycles. The quantitative estimate of drug-likeness (QED) is 0.780. The molecule has 1 amide bonds. The summed E-state index contributed by atoms with van der Waals surface area (Å²) in [5, 5.41) is 4.34. The van der Waals surface area contributed by atoms with E-state index in [0.29, 0.717) is 0 Å². The van der Waals surface area contributed by atoms with E-state index in [1.807, 2.05) is 19.9 Å². The van der Waals surface area contributed by atoms with Gasteiger partial charge in [0.2, 0.25) is 5.91 Å². The molecule has 0 radical (unpaired) electrons. The Kier molecular flexibility index (Phi) is 3.28. The predicted octanol–water partition coefficient (Wildman–Crippen LogP) is 1.05. The van der Waals surface area contributed by atoms with Gasteiger partial charge in [-0.25, -0.2) is 0 Å². The van der Waals surface area contributed by atoms with Crippen molar-refractivity contribution in [1.82, 2.24) is 9.78 Å². The Morgan fingerprint density at radius 2 is 2.21 bits per heavy atom. The SMILES string of the molecule is CCc1cc(CC)n(C(C)C(N)=O)n1. The maximum absolute atomic E-state index is 11.0. The van der Waals surface area contributed by atoms with Gasteiger partial charge in [0.1, 0.15) is 6.04 Å². The van der Waals surface area contributed by atoms with Crippen LogP contribution in [0.25, 0.3) is 0 Å². The number of carbonyl (C=O) groups is 1. The zero-order valence-electron chi connectivity index (χ0n) is 8.95. The van der Waals surface area contributed by atoms with Crippen molar-refractivity contribution >= 4 is 5.91 Å². The van der Waals surface area contributed by atoms with Crippen molar-refractivity contribution in [3.05, 3.63) is 17.5 Å². The maximum Gasteiger partial charge on any atom is 0.242 e. The molecular weight excluding hydrogens is 178 g/mol. The average Bonchev–Trinajstić information content (AvgIpc) is 2.59. The van der Waals surface area contributed by atoms with Crippen molar-refractivity contribution in [2.75, 3.05) is 0 Å². The predicted molar refractivity (Wildman–Crippen MR) is 54.9 cm³/mol. The molecule has 4 heteroatoms. The fourth-order valence-electron chi connectivity index (χ4n) is 1.38. The highest BCUT2D eigenvalue weighted by molar-refractivity contribution is 5.77. The topological polar surface area (TPSA) is 60.9 Å². The van der Waals surface area contributed by atoms with E-state index in [0.717, 1.165) is 24.2 Å². The molecule has 1 aromatic rings. The minimum absolute atomic E-state index is 0.342. The van der Waals surface area contributed by atoms with Gasteiger partial charge in [0, 0.05) is 5.69 Å². The molecule has 0 aromatic carbocycles. The zero-order valence-corrected chi connectivity index (χ0v) is 8.95. The highest BCUT2D eigenvalue weighted by atomic mass is 16.1. The van der Waals surface area contributed by atoms with E-state index < -0.39 is 0 Å². The minimum atomic E-state index is -0.356. The monoisotopic (exact) mass is 195 g/mol. The largest absolute Gasteiger partial charge is 0.368 e. The molecule has 0 aliphatic rings. The van der Waals surface area contributed by atoms with E-state index in [2.05, 4.69) is 5.10 Å². The maximum atomic E-state index is 11.0. The van der Waals surface area contributed by atoms with Gasteiger partial charge in [0.15, 0.2) is 0 Å². The van der Waals surface area contributed by atoms with Gasteiger partial charge in [0.25, 0.3) is 0 Å². The van der Waals surface area contributed by atoms with Crippen molar-refractivity contribution in [3.63, 3.8) is 0 Å². The number of amides is 1. The summed E-state index contributed by atoms with van der Waals surface area (Å²) in [5.41, 5.74) is 7.31. The Morgan fingerprint density at radius 1 is 1.57 bits per heavy atom. The van der Waals surface area contributed by atoms with Gasteiger partial charge in [-0.2, -0.15) is 5.10 Å². The second-order valence-corrected chi connectivity index (χ2v) is 3.36. The molecule has 1 atom stereocenters. The van der Waals surface area contributed by atoms with Gasteiger partial charge in [-0.05, 0) is 25.8 Å². The van der Waals surface area contributed by atoms with Crippen molar-refractivity contribution < 1.29 is 4.79 Å². The van der Waals surface area contributed by atoms with E-state index in [9.17, 15) is 4.79 Å². The van der Waals surface area contributed by atoms with Crippen LogP contribution >= 0.6 is 0 Å². The first kappa shape index (κ1) is 10.8. The highest BCUT2D eigenvalue weighted by Gasteiger charge is 2.15. The molecule has 0 bridgehead atoms. The van der Waals surface area contributed by atoms with E-state index in [1.165, 1.54) is 0 Å². The smallest absolute Gasteiger partial charge is 0.242 e. The number of hydrogen-bond donors (Lipinski definition) is 1. The Hall–Kier alpha value is -1.32. The fourth-order valence-corrected chi connectivity index (χ4v) is 1.38. The minimum Gasteiger partial charge on any atom is -0.368 e. The third kappa shape index (κ3) is 1.95. The van der Waals surface area contributed by atoms with Gasteiger partial charge in [-0.3, -0.25) is 9.48 Å². The molecule has 1 heterocycles. The molecule has 1 rings (SSSR count). The highest BCUT2D eigenvalue weighted by Crippen LogP contribution is 2.12. The second-order valence-electron chi connectivity index (χ2n) is 3.36. The summed E-state index contributed by atoms with van der Waals surface area (Å²) in [6.07, 6.45) is 1.75. The number of aryl methyl sites for hydroxylation is 2. The Labute approximate surface area is 84.1 Å². The van der Waals surface area contributed by atoms with Crippen LogP contribution in [-0.4, -0.2) is 15.7 Å². The third-order valence-electron chi connectivity index (χ3n) is 2.37. The summed E-state index contributed by atoms with van der Waals surface area (Å²) in [7, 11) is 0. The fraction of sp³-hybridized carbons (Fsp3) is 0.600. The number of primary amides is 1. The molecule has 78 valence electrons. The van der Waals surface area contributed by atoms with E-state index in [4.69, 9.17) is 5.73 Å². The lowest BCUT2D eigenvalue weighted by Gasteiger charge is -2.10. The first-order valence-corrected chi connectivity index (χ1v) is 4.96. The summed E-state index contributed by atoms with van der Waals surface area (Å²) < 4.78 is 1.72.